The minimum absolute atomic E-state index is 0.114. The largest absolute Gasteiger partial charge is 0.497 e. The third-order valence-electron chi connectivity index (χ3n) is 5.54. The summed E-state index contributed by atoms with van der Waals surface area (Å²) in [6.45, 7) is 6.34. The maximum Gasteiger partial charge on any atom is 0.272 e. The molecule has 0 saturated carbocycles. The van der Waals surface area contributed by atoms with Gasteiger partial charge in [0, 0.05) is 24.9 Å². The number of amides is 2. The molecular weight excluding hydrogens is 370 g/mol. The Kier molecular flexibility index (Phi) is 7.46. The number of carbonyl (C=O) groups is 2. The summed E-state index contributed by atoms with van der Waals surface area (Å²) < 4.78 is 5.25. The molecule has 0 bridgehead atoms. The van der Waals surface area contributed by atoms with Crippen molar-refractivity contribution in [3.05, 3.63) is 23.9 Å². The summed E-state index contributed by atoms with van der Waals surface area (Å²) in [6.07, 6.45) is 3.65. The molecule has 29 heavy (non-hydrogen) atoms. The van der Waals surface area contributed by atoms with E-state index in [4.69, 9.17) is 4.74 Å². The van der Waals surface area contributed by atoms with E-state index < -0.39 is 0 Å². The standard InChI is InChI=1S/C21H31N5O3/c1-3-19(27)22-9-4-10-26-11-7-15(8-12-26)14-23-21(28)20-17-13-16(29-2)5-6-18(17)24-25-20/h5-6,13,15H,3-4,7-12,14H2,1-2H3,(H,22,27)(H,23,28)(H,24,25). The number of benzene rings is 1. The van der Waals surface area contributed by atoms with Crippen LogP contribution in [-0.2, 0) is 4.79 Å². The maximum atomic E-state index is 12.6. The molecule has 3 N–H and O–H groups in total. The molecule has 1 aromatic carbocycles. The molecule has 2 aromatic rings. The molecule has 2 heterocycles. The van der Waals surface area contributed by atoms with Crippen LogP contribution in [0.1, 0.15) is 43.1 Å². The third kappa shape index (κ3) is 5.69. The van der Waals surface area contributed by atoms with E-state index in [9.17, 15) is 9.59 Å². The average Bonchev–Trinajstić information content (AvgIpc) is 3.18. The third-order valence-corrected chi connectivity index (χ3v) is 5.54. The number of H-pyrrole nitrogens is 1. The summed E-state index contributed by atoms with van der Waals surface area (Å²) in [5.41, 5.74) is 1.23. The zero-order chi connectivity index (χ0) is 20.6. The Morgan fingerprint density at radius 1 is 1.28 bits per heavy atom. The van der Waals surface area contributed by atoms with Gasteiger partial charge in [0.25, 0.3) is 5.91 Å². The molecule has 3 rings (SSSR count). The first-order valence-corrected chi connectivity index (χ1v) is 10.4. The predicted molar refractivity (Wildman–Crippen MR) is 112 cm³/mol. The number of methoxy groups -OCH3 is 1. The number of fused-ring (bicyclic) bond motifs is 1. The van der Waals surface area contributed by atoms with Gasteiger partial charge in [-0.2, -0.15) is 5.10 Å². The Morgan fingerprint density at radius 2 is 2.07 bits per heavy atom. The molecule has 8 heteroatoms. The van der Waals surface area contributed by atoms with Crippen molar-refractivity contribution in [3.8, 4) is 5.75 Å². The van der Waals surface area contributed by atoms with Gasteiger partial charge in [-0.15, -0.1) is 0 Å². The van der Waals surface area contributed by atoms with Crippen LogP contribution in [0.3, 0.4) is 0 Å². The number of hydrogen-bond donors (Lipinski definition) is 3. The molecule has 0 spiro atoms. The molecule has 1 aliphatic heterocycles. The average molecular weight is 402 g/mol. The van der Waals surface area contributed by atoms with Gasteiger partial charge in [0.2, 0.25) is 5.91 Å². The summed E-state index contributed by atoms with van der Waals surface area (Å²) in [6, 6.07) is 5.53. The summed E-state index contributed by atoms with van der Waals surface area (Å²) in [7, 11) is 1.61. The van der Waals surface area contributed by atoms with Gasteiger partial charge in [-0.05, 0) is 63.0 Å². The number of aromatic amines is 1. The fraction of sp³-hybridized carbons (Fsp3) is 0.571. The van der Waals surface area contributed by atoms with E-state index in [0.717, 1.165) is 56.3 Å². The second kappa shape index (κ2) is 10.2. The lowest BCUT2D eigenvalue weighted by Gasteiger charge is -2.32. The van der Waals surface area contributed by atoms with Crippen molar-refractivity contribution < 1.29 is 14.3 Å². The van der Waals surface area contributed by atoms with E-state index in [2.05, 4.69) is 25.7 Å². The molecule has 1 fully saturated rings. The second-order valence-electron chi connectivity index (χ2n) is 7.54. The van der Waals surface area contributed by atoms with Gasteiger partial charge >= 0.3 is 0 Å². The Hall–Kier alpha value is -2.61. The molecule has 0 aliphatic carbocycles. The topological polar surface area (TPSA) is 99.4 Å². The van der Waals surface area contributed by atoms with Gasteiger partial charge < -0.3 is 20.3 Å². The first-order valence-electron chi connectivity index (χ1n) is 10.4. The number of nitrogens with zero attached hydrogens (tertiary/aromatic N) is 2. The summed E-state index contributed by atoms with van der Waals surface area (Å²) in [5.74, 6) is 1.14. The Balaban J connectivity index is 1.40. The van der Waals surface area contributed by atoms with Crippen molar-refractivity contribution >= 4 is 22.7 Å². The number of hydrogen-bond acceptors (Lipinski definition) is 5. The number of nitrogens with one attached hydrogen (secondary N) is 3. The minimum Gasteiger partial charge on any atom is -0.497 e. The van der Waals surface area contributed by atoms with E-state index in [-0.39, 0.29) is 11.8 Å². The maximum absolute atomic E-state index is 12.6. The molecule has 158 valence electrons. The van der Waals surface area contributed by atoms with Crippen LogP contribution in [0, 0.1) is 5.92 Å². The number of likely N-dealkylation sites (tertiary alicyclic amines) is 1. The van der Waals surface area contributed by atoms with Crippen LogP contribution >= 0.6 is 0 Å². The highest BCUT2D eigenvalue weighted by molar-refractivity contribution is 6.05. The molecule has 0 atom stereocenters. The van der Waals surface area contributed by atoms with Crippen molar-refractivity contribution in [2.24, 2.45) is 5.92 Å². The molecule has 0 unspecified atom stereocenters. The number of rotatable bonds is 9. The number of piperidine rings is 1. The van der Waals surface area contributed by atoms with Crippen LogP contribution in [0.4, 0.5) is 0 Å². The van der Waals surface area contributed by atoms with Crippen LogP contribution in [-0.4, -0.2) is 66.7 Å². The van der Waals surface area contributed by atoms with Gasteiger partial charge in [-0.1, -0.05) is 6.92 Å². The monoisotopic (exact) mass is 401 g/mol. The molecule has 0 radical (unpaired) electrons. The van der Waals surface area contributed by atoms with Gasteiger partial charge in [0.1, 0.15) is 5.75 Å². The fourth-order valence-corrected chi connectivity index (χ4v) is 3.68. The van der Waals surface area contributed by atoms with Gasteiger partial charge in [0.15, 0.2) is 5.69 Å². The van der Waals surface area contributed by atoms with E-state index in [0.29, 0.717) is 30.3 Å². The number of ether oxygens (including phenoxy) is 1. The van der Waals surface area contributed by atoms with Gasteiger partial charge in [0.05, 0.1) is 12.6 Å². The highest BCUT2D eigenvalue weighted by Gasteiger charge is 2.21. The zero-order valence-electron chi connectivity index (χ0n) is 17.3. The summed E-state index contributed by atoms with van der Waals surface area (Å²) in [5, 5.41) is 13.8. The predicted octanol–water partition coefficient (Wildman–Crippen LogP) is 1.93. The normalized spacial score (nSPS) is 15.4. The number of carbonyl (C=O) groups excluding carboxylic acids is 2. The molecule has 1 saturated heterocycles. The van der Waals surface area contributed by atoms with Gasteiger partial charge in [-0.3, -0.25) is 14.7 Å². The second-order valence-corrected chi connectivity index (χ2v) is 7.54. The molecule has 2 amide bonds. The molecule has 1 aromatic heterocycles. The lowest BCUT2D eigenvalue weighted by atomic mass is 9.96. The van der Waals surface area contributed by atoms with Gasteiger partial charge in [-0.25, -0.2) is 0 Å². The summed E-state index contributed by atoms with van der Waals surface area (Å²) >= 11 is 0. The lowest BCUT2D eigenvalue weighted by molar-refractivity contribution is -0.120. The quantitative estimate of drug-likeness (QED) is 0.558. The Bertz CT molecular complexity index is 827. The van der Waals surface area contributed by atoms with Crippen molar-refractivity contribution in [2.75, 3.05) is 39.8 Å². The van der Waals surface area contributed by atoms with Crippen molar-refractivity contribution in [2.45, 2.75) is 32.6 Å². The summed E-state index contributed by atoms with van der Waals surface area (Å²) in [4.78, 5) is 26.3. The minimum atomic E-state index is -0.154. The highest BCUT2D eigenvalue weighted by atomic mass is 16.5. The smallest absolute Gasteiger partial charge is 0.272 e. The molecule has 8 nitrogen and oxygen atoms in total. The zero-order valence-corrected chi connectivity index (χ0v) is 17.3. The lowest BCUT2D eigenvalue weighted by Crippen LogP contribution is -2.39. The Morgan fingerprint density at radius 3 is 2.79 bits per heavy atom. The van der Waals surface area contributed by atoms with Crippen LogP contribution in [0.25, 0.3) is 10.9 Å². The van der Waals surface area contributed by atoms with E-state index in [1.165, 1.54) is 0 Å². The van der Waals surface area contributed by atoms with Crippen LogP contribution in [0.2, 0.25) is 0 Å². The number of aromatic nitrogens is 2. The van der Waals surface area contributed by atoms with Crippen LogP contribution in [0.15, 0.2) is 18.2 Å². The fourth-order valence-electron chi connectivity index (χ4n) is 3.68. The SMILES string of the molecule is CCC(=O)NCCCN1CCC(CNC(=O)c2n[nH]c3ccc(OC)cc23)CC1. The Labute approximate surface area is 171 Å². The highest BCUT2D eigenvalue weighted by Crippen LogP contribution is 2.22. The van der Waals surface area contributed by atoms with E-state index in [1.54, 1.807) is 7.11 Å². The van der Waals surface area contributed by atoms with Crippen LogP contribution in [0.5, 0.6) is 5.75 Å². The van der Waals surface area contributed by atoms with Crippen molar-refractivity contribution in [1.82, 2.24) is 25.7 Å². The van der Waals surface area contributed by atoms with Crippen molar-refractivity contribution in [3.63, 3.8) is 0 Å². The van der Waals surface area contributed by atoms with E-state index in [1.807, 2.05) is 25.1 Å². The first-order chi connectivity index (χ1) is 14.1. The first kappa shape index (κ1) is 21.1. The van der Waals surface area contributed by atoms with Crippen molar-refractivity contribution in [1.29, 1.82) is 0 Å². The molecule has 1 aliphatic rings. The van der Waals surface area contributed by atoms with E-state index >= 15 is 0 Å². The molecular formula is C21H31N5O3. The van der Waals surface area contributed by atoms with Crippen LogP contribution < -0.4 is 15.4 Å².